The molecule has 1 aromatic heterocycles. The van der Waals surface area contributed by atoms with Crippen molar-refractivity contribution in [3.8, 4) is 11.1 Å². The molecule has 3 rings (SSSR count). The average molecular weight is 390 g/mol. The molecular weight excluding hydrogens is 362 g/mol. The Morgan fingerprint density at radius 3 is 2.59 bits per heavy atom. The van der Waals surface area contributed by atoms with E-state index >= 15 is 0 Å². The molecule has 0 spiro atoms. The maximum atomic E-state index is 12.6. The molecule has 1 aliphatic rings. The number of sulfone groups is 1. The standard InChI is InChI=1S/C21H27NO4S/c1-5-6-7-15-8-9-17(27(4,24)25)12-18(15)19-10-14(2)21(23)22-13-16(26-3)11-20(19)22/h8-10,12,16H,5-7,11,13H2,1-4H3/t16-/m1/s1. The molecule has 6 heteroatoms. The smallest absolute Gasteiger partial charge is 0.253 e. The van der Waals surface area contributed by atoms with Crippen LogP contribution in [0.4, 0.5) is 0 Å². The summed E-state index contributed by atoms with van der Waals surface area (Å²) >= 11 is 0. The SMILES string of the molecule is CCCCc1ccc(S(C)(=O)=O)cc1-c1cc(C)c(=O)n2c1C[C@@H](OC)C2. The Morgan fingerprint density at radius 2 is 1.96 bits per heavy atom. The van der Waals surface area contributed by atoms with Gasteiger partial charge in [0.05, 0.1) is 17.5 Å². The maximum absolute atomic E-state index is 12.6. The van der Waals surface area contributed by atoms with Gasteiger partial charge in [-0.2, -0.15) is 0 Å². The van der Waals surface area contributed by atoms with Crippen molar-refractivity contribution in [1.29, 1.82) is 0 Å². The van der Waals surface area contributed by atoms with Crippen LogP contribution < -0.4 is 5.56 Å². The molecule has 146 valence electrons. The molecule has 27 heavy (non-hydrogen) atoms. The van der Waals surface area contributed by atoms with Gasteiger partial charge in [-0.05, 0) is 49.1 Å². The van der Waals surface area contributed by atoms with Crippen molar-refractivity contribution in [3.05, 3.63) is 51.4 Å². The molecule has 1 aliphatic heterocycles. The lowest BCUT2D eigenvalue weighted by Crippen LogP contribution is -2.24. The van der Waals surface area contributed by atoms with Crippen LogP contribution in [0.15, 0.2) is 34.0 Å². The zero-order chi connectivity index (χ0) is 19.8. The van der Waals surface area contributed by atoms with Crippen LogP contribution in [0.25, 0.3) is 11.1 Å². The molecule has 2 aromatic rings. The van der Waals surface area contributed by atoms with E-state index in [4.69, 9.17) is 4.74 Å². The Balaban J connectivity index is 2.25. The quantitative estimate of drug-likeness (QED) is 0.761. The number of methoxy groups -OCH3 is 1. The third kappa shape index (κ3) is 3.87. The summed E-state index contributed by atoms with van der Waals surface area (Å²) in [6, 6.07) is 7.27. The topological polar surface area (TPSA) is 65.4 Å². The van der Waals surface area contributed by atoms with Gasteiger partial charge in [0, 0.05) is 36.6 Å². The first-order valence-electron chi connectivity index (χ1n) is 9.35. The van der Waals surface area contributed by atoms with Gasteiger partial charge in [-0.15, -0.1) is 0 Å². The van der Waals surface area contributed by atoms with E-state index in [-0.39, 0.29) is 11.7 Å². The highest BCUT2D eigenvalue weighted by Crippen LogP contribution is 2.33. The minimum absolute atomic E-state index is 0.00248. The summed E-state index contributed by atoms with van der Waals surface area (Å²) in [5, 5.41) is 0. The molecule has 0 N–H and O–H groups in total. The average Bonchev–Trinajstić information content (AvgIpc) is 3.07. The number of unbranched alkanes of at least 4 members (excludes halogenated alkanes) is 1. The lowest BCUT2D eigenvalue weighted by atomic mass is 9.93. The van der Waals surface area contributed by atoms with Crippen LogP contribution >= 0.6 is 0 Å². The van der Waals surface area contributed by atoms with Crippen molar-refractivity contribution in [2.24, 2.45) is 0 Å². The highest BCUT2D eigenvalue weighted by atomic mass is 32.2. The number of rotatable bonds is 6. The van der Waals surface area contributed by atoms with Gasteiger partial charge < -0.3 is 9.30 Å². The van der Waals surface area contributed by atoms with E-state index in [1.165, 1.54) is 6.26 Å². The summed E-state index contributed by atoms with van der Waals surface area (Å²) in [7, 11) is -1.65. The molecule has 2 heterocycles. The Labute approximate surface area is 160 Å². The van der Waals surface area contributed by atoms with E-state index in [9.17, 15) is 13.2 Å². The molecule has 0 bridgehead atoms. The van der Waals surface area contributed by atoms with Crippen LogP contribution in [0.5, 0.6) is 0 Å². The number of hydrogen-bond donors (Lipinski definition) is 0. The minimum atomic E-state index is -3.31. The number of aryl methyl sites for hydroxylation is 2. The summed E-state index contributed by atoms with van der Waals surface area (Å²) in [6.07, 6.45) is 4.81. The first kappa shape index (κ1) is 19.8. The number of ether oxygens (including phenoxy) is 1. The summed E-state index contributed by atoms with van der Waals surface area (Å²) in [5.74, 6) is 0. The molecular formula is C21H27NO4S. The van der Waals surface area contributed by atoms with E-state index in [1.54, 1.807) is 23.8 Å². The first-order chi connectivity index (χ1) is 12.8. The number of benzene rings is 1. The third-order valence-corrected chi connectivity index (χ3v) is 6.43. The van der Waals surface area contributed by atoms with Gasteiger partial charge in [0.15, 0.2) is 9.84 Å². The van der Waals surface area contributed by atoms with Gasteiger partial charge in [0.1, 0.15) is 0 Å². The molecule has 0 fully saturated rings. The normalized spacial score (nSPS) is 16.5. The minimum Gasteiger partial charge on any atom is -0.379 e. The van der Waals surface area contributed by atoms with Crippen molar-refractivity contribution < 1.29 is 13.2 Å². The summed E-state index contributed by atoms with van der Waals surface area (Å²) < 4.78 is 31.5. The van der Waals surface area contributed by atoms with E-state index in [2.05, 4.69) is 6.92 Å². The summed E-state index contributed by atoms with van der Waals surface area (Å²) in [5.41, 5.74) is 4.57. The van der Waals surface area contributed by atoms with Crippen LogP contribution in [-0.4, -0.2) is 32.5 Å². The fourth-order valence-electron chi connectivity index (χ4n) is 3.75. The number of nitrogens with zero attached hydrogens (tertiary/aromatic N) is 1. The van der Waals surface area contributed by atoms with Gasteiger partial charge in [-0.3, -0.25) is 4.79 Å². The van der Waals surface area contributed by atoms with E-state index in [0.717, 1.165) is 41.6 Å². The summed E-state index contributed by atoms with van der Waals surface area (Å²) in [4.78, 5) is 12.9. The number of aromatic nitrogens is 1. The van der Waals surface area contributed by atoms with Crippen LogP contribution in [0, 0.1) is 6.92 Å². The lowest BCUT2D eigenvalue weighted by molar-refractivity contribution is 0.103. The van der Waals surface area contributed by atoms with Gasteiger partial charge in [-0.25, -0.2) is 8.42 Å². The van der Waals surface area contributed by atoms with Crippen molar-refractivity contribution >= 4 is 9.84 Å². The zero-order valence-electron chi connectivity index (χ0n) is 16.4. The highest BCUT2D eigenvalue weighted by Gasteiger charge is 2.27. The molecule has 0 saturated heterocycles. The van der Waals surface area contributed by atoms with Crippen LogP contribution in [0.3, 0.4) is 0 Å². The fraction of sp³-hybridized carbons (Fsp3) is 0.476. The van der Waals surface area contributed by atoms with Crippen molar-refractivity contribution in [2.45, 2.75) is 57.1 Å². The fourth-order valence-corrected chi connectivity index (χ4v) is 4.40. The second kappa shape index (κ2) is 7.60. The third-order valence-electron chi connectivity index (χ3n) is 5.32. The molecule has 1 atom stereocenters. The zero-order valence-corrected chi connectivity index (χ0v) is 17.2. The largest absolute Gasteiger partial charge is 0.379 e. The van der Waals surface area contributed by atoms with E-state index in [1.807, 2.05) is 19.1 Å². The molecule has 0 aliphatic carbocycles. The Morgan fingerprint density at radius 1 is 1.22 bits per heavy atom. The monoisotopic (exact) mass is 389 g/mol. The number of fused-ring (bicyclic) bond motifs is 1. The van der Waals surface area contributed by atoms with Gasteiger partial charge in [0.25, 0.3) is 5.56 Å². The van der Waals surface area contributed by atoms with Crippen LogP contribution in [0.2, 0.25) is 0 Å². The Bertz CT molecular complexity index is 1020. The highest BCUT2D eigenvalue weighted by molar-refractivity contribution is 7.90. The molecule has 0 saturated carbocycles. The predicted octanol–water partition coefficient (Wildman–Crippen LogP) is 3.14. The molecule has 5 nitrogen and oxygen atoms in total. The van der Waals surface area contributed by atoms with Gasteiger partial charge in [-0.1, -0.05) is 19.4 Å². The van der Waals surface area contributed by atoms with Crippen LogP contribution in [-0.2, 0) is 34.0 Å². The second-order valence-corrected chi connectivity index (χ2v) is 9.38. The molecule has 0 amide bonds. The molecule has 1 aromatic carbocycles. The molecule has 0 unspecified atom stereocenters. The molecule has 0 radical (unpaired) electrons. The van der Waals surface area contributed by atoms with Gasteiger partial charge in [0.2, 0.25) is 0 Å². The van der Waals surface area contributed by atoms with E-state index < -0.39 is 9.84 Å². The second-order valence-electron chi connectivity index (χ2n) is 7.36. The van der Waals surface area contributed by atoms with E-state index in [0.29, 0.717) is 23.4 Å². The van der Waals surface area contributed by atoms with Crippen LogP contribution in [0.1, 0.15) is 36.6 Å². The Hall–Kier alpha value is -1.92. The number of hydrogen-bond acceptors (Lipinski definition) is 4. The van der Waals surface area contributed by atoms with Crippen molar-refractivity contribution in [3.63, 3.8) is 0 Å². The van der Waals surface area contributed by atoms with Crippen molar-refractivity contribution in [1.82, 2.24) is 4.57 Å². The number of pyridine rings is 1. The maximum Gasteiger partial charge on any atom is 0.253 e. The first-order valence-corrected chi connectivity index (χ1v) is 11.2. The van der Waals surface area contributed by atoms with Gasteiger partial charge >= 0.3 is 0 Å². The Kier molecular flexibility index (Phi) is 5.58. The summed E-state index contributed by atoms with van der Waals surface area (Å²) in [6.45, 7) is 4.48. The van der Waals surface area contributed by atoms with Crippen molar-refractivity contribution in [2.75, 3.05) is 13.4 Å². The lowest BCUT2D eigenvalue weighted by Gasteiger charge is -2.16. The predicted molar refractivity (Wildman–Crippen MR) is 107 cm³/mol.